The van der Waals surface area contributed by atoms with Gasteiger partial charge in [0.25, 0.3) is 0 Å². The van der Waals surface area contributed by atoms with Crippen LogP contribution in [0.5, 0.6) is 6.01 Å². The summed E-state index contributed by atoms with van der Waals surface area (Å²) in [6.07, 6.45) is 7.41. The van der Waals surface area contributed by atoms with Crippen molar-refractivity contribution in [3.05, 3.63) is 53.4 Å². The number of pyridine rings is 1. The Labute approximate surface area is 278 Å². The molecule has 246 valence electrons. The fraction of sp³-hybridized carbons (Fsp3) is 0.486. The first-order valence-corrected chi connectivity index (χ1v) is 17.0. The van der Waals surface area contributed by atoms with Gasteiger partial charge in [-0.2, -0.15) is 9.97 Å². The number of nitrogens with one attached hydrogen (secondary N) is 1. The second kappa shape index (κ2) is 12.0. The summed E-state index contributed by atoms with van der Waals surface area (Å²) in [5.41, 5.74) is 0.788. The quantitative estimate of drug-likeness (QED) is 0.270. The molecule has 4 saturated heterocycles. The summed E-state index contributed by atoms with van der Waals surface area (Å²) < 4.78 is 28.8. The molecule has 0 aliphatic carbocycles. The molecule has 6 heterocycles. The van der Waals surface area contributed by atoms with Crippen LogP contribution in [0.2, 0.25) is 5.02 Å². The number of benzene rings is 2. The first kappa shape index (κ1) is 30.5. The van der Waals surface area contributed by atoms with Gasteiger partial charge in [-0.15, -0.1) is 0 Å². The molecule has 47 heavy (non-hydrogen) atoms. The minimum absolute atomic E-state index is 0.132. The highest BCUT2D eigenvalue weighted by molar-refractivity contribution is 6.36. The number of anilines is 1. The van der Waals surface area contributed by atoms with Crippen LogP contribution in [-0.2, 0) is 4.74 Å². The number of rotatable bonds is 7. The lowest BCUT2D eigenvalue weighted by Gasteiger charge is -2.35. The molecule has 2 aromatic carbocycles. The number of nitrogens with zero attached hydrogens (tertiary/aromatic N) is 6. The lowest BCUT2D eigenvalue weighted by atomic mass is 9.95. The third-order valence-corrected chi connectivity index (χ3v) is 10.9. The average molecular weight is 660 g/mol. The smallest absolute Gasteiger partial charge is 0.409 e. The molecule has 2 bridgehead atoms. The van der Waals surface area contributed by atoms with Gasteiger partial charge in [0.15, 0.2) is 5.82 Å². The summed E-state index contributed by atoms with van der Waals surface area (Å²) in [5, 5.41) is 6.43. The average Bonchev–Trinajstić information content (AvgIpc) is 3.75. The van der Waals surface area contributed by atoms with Gasteiger partial charge in [-0.1, -0.05) is 41.9 Å². The zero-order valence-electron chi connectivity index (χ0n) is 26.7. The number of hydrogen-bond acceptors (Lipinski definition) is 9. The van der Waals surface area contributed by atoms with E-state index >= 15 is 4.39 Å². The molecule has 2 aromatic heterocycles. The highest BCUT2D eigenvalue weighted by Crippen LogP contribution is 2.43. The maximum absolute atomic E-state index is 16.8. The molecular weight excluding hydrogens is 621 g/mol. The maximum atomic E-state index is 16.8. The summed E-state index contributed by atoms with van der Waals surface area (Å²) in [4.78, 5) is 32.6. The minimum atomic E-state index is -0.522. The normalized spacial score (nSPS) is 25.4. The standard InChI is InChI=1S/C35H39ClFN7O3/c1-42(2)34(45)46-19-24-12-14-35(13-5-15-44(24)35)20-47-33-40-31-26(32(41-33)43-17-22-10-11-23(18-43)39-22)16-38-30(29(31)37)25-8-3-6-21-7-4-9-27(36)28(21)25/h3-4,6-9,16,22-24,39H,5,10-15,17-20H2,1-2H3. The van der Waals surface area contributed by atoms with Gasteiger partial charge in [0.05, 0.1) is 10.9 Å². The van der Waals surface area contributed by atoms with Gasteiger partial charge < -0.3 is 24.6 Å². The zero-order valence-corrected chi connectivity index (χ0v) is 27.5. The van der Waals surface area contributed by atoms with Crippen LogP contribution >= 0.6 is 11.6 Å². The van der Waals surface area contributed by atoms with Crippen molar-refractivity contribution in [3.63, 3.8) is 0 Å². The number of halogens is 2. The number of amides is 1. The van der Waals surface area contributed by atoms with Crippen LogP contribution in [-0.4, -0.2) is 101 Å². The van der Waals surface area contributed by atoms with Crippen LogP contribution in [0, 0.1) is 5.82 Å². The van der Waals surface area contributed by atoms with Gasteiger partial charge in [-0.25, -0.2) is 9.18 Å². The Bertz CT molecular complexity index is 1840. The van der Waals surface area contributed by atoms with Crippen LogP contribution in [0.3, 0.4) is 0 Å². The monoisotopic (exact) mass is 659 g/mol. The van der Waals surface area contributed by atoms with Crippen molar-refractivity contribution in [2.75, 3.05) is 51.8 Å². The Kier molecular flexibility index (Phi) is 7.81. The molecule has 8 rings (SSSR count). The minimum Gasteiger partial charge on any atom is -0.461 e. The van der Waals surface area contributed by atoms with E-state index in [9.17, 15) is 4.79 Å². The van der Waals surface area contributed by atoms with Crippen LogP contribution in [0.25, 0.3) is 32.9 Å². The Morgan fingerprint density at radius 3 is 2.68 bits per heavy atom. The third kappa shape index (κ3) is 5.42. The third-order valence-electron chi connectivity index (χ3n) is 10.5. The van der Waals surface area contributed by atoms with E-state index in [0.29, 0.717) is 47.1 Å². The Morgan fingerprint density at radius 2 is 1.89 bits per heavy atom. The van der Waals surface area contributed by atoms with Gasteiger partial charge in [-0.3, -0.25) is 9.88 Å². The number of carbonyl (C=O) groups excluding carboxylic acids is 1. The van der Waals surface area contributed by atoms with E-state index in [2.05, 4.69) is 20.1 Å². The fourth-order valence-electron chi connectivity index (χ4n) is 8.26. The predicted molar refractivity (Wildman–Crippen MR) is 180 cm³/mol. The topological polar surface area (TPSA) is 96.0 Å². The highest BCUT2D eigenvalue weighted by Gasteiger charge is 2.50. The molecule has 4 fully saturated rings. The Hall–Kier alpha value is -3.80. The van der Waals surface area contributed by atoms with E-state index in [1.165, 1.54) is 4.90 Å². The molecule has 0 saturated carbocycles. The molecule has 4 unspecified atom stereocenters. The van der Waals surface area contributed by atoms with Crippen molar-refractivity contribution in [1.29, 1.82) is 0 Å². The lowest BCUT2D eigenvalue weighted by Crippen LogP contribution is -2.51. The number of hydrogen-bond donors (Lipinski definition) is 1. The van der Waals surface area contributed by atoms with Crippen molar-refractivity contribution in [3.8, 4) is 17.3 Å². The van der Waals surface area contributed by atoms with Crippen molar-refractivity contribution in [1.82, 2.24) is 30.1 Å². The van der Waals surface area contributed by atoms with E-state index < -0.39 is 5.82 Å². The predicted octanol–water partition coefficient (Wildman–Crippen LogP) is 5.65. The van der Waals surface area contributed by atoms with E-state index in [1.807, 2.05) is 36.4 Å². The van der Waals surface area contributed by atoms with Gasteiger partial charge in [0.2, 0.25) is 0 Å². The summed E-state index contributed by atoms with van der Waals surface area (Å²) in [5.74, 6) is 0.129. The summed E-state index contributed by atoms with van der Waals surface area (Å²) >= 11 is 6.64. The summed E-state index contributed by atoms with van der Waals surface area (Å²) in [6.45, 7) is 3.18. The second-order valence-electron chi connectivity index (χ2n) is 13.7. The van der Waals surface area contributed by atoms with E-state index in [-0.39, 0.29) is 34.9 Å². The Morgan fingerprint density at radius 1 is 1.11 bits per heavy atom. The van der Waals surface area contributed by atoms with Crippen molar-refractivity contribution in [2.45, 2.75) is 62.2 Å². The molecule has 4 aromatic rings. The van der Waals surface area contributed by atoms with Crippen LogP contribution in [0.4, 0.5) is 15.0 Å². The van der Waals surface area contributed by atoms with Gasteiger partial charge >= 0.3 is 12.1 Å². The van der Waals surface area contributed by atoms with E-state index in [4.69, 9.17) is 31.0 Å². The molecule has 1 amide bonds. The van der Waals surface area contributed by atoms with E-state index in [1.54, 1.807) is 20.3 Å². The number of piperazine rings is 1. The molecule has 0 spiro atoms. The largest absolute Gasteiger partial charge is 0.461 e. The van der Waals surface area contributed by atoms with Crippen LogP contribution in [0.1, 0.15) is 38.5 Å². The molecule has 1 N–H and O–H groups in total. The number of fused-ring (bicyclic) bond motifs is 5. The molecule has 0 radical (unpaired) electrons. The molecule has 4 aliphatic rings. The SMILES string of the molecule is CN(C)C(=O)OCC1CCC2(COc3nc(N4CC5CCC(C4)N5)c4cnc(-c5cccc6cccc(Cl)c56)c(F)c4n3)CCCN12. The van der Waals surface area contributed by atoms with Crippen LogP contribution in [0.15, 0.2) is 42.6 Å². The van der Waals surface area contributed by atoms with Gasteiger partial charge in [0.1, 0.15) is 30.2 Å². The second-order valence-corrected chi connectivity index (χ2v) is 14.1. The van der Waals surface area contributed by atoms with Gasteiger partial charge in [0, 0.05) is 67.5 Å². The molecular formula is C35H39ClFN7O3. The van der Waals surface area contributed by atoms with Crippen LogP contribution < -0.4 is 15.0 Å². The Balaban J connectivity index is 1.15. The fourth-order valence-corrected chi connectivity index (χ4v) is 8.55. The highest BCUT2D eigenvalue weighted by atomic mass is 35.5. The number of carbonyl (C=O) groups is 1. The zero-order chi connectivity index (χ0) is 32.3. The maximum Gasteiger partial charge on any atom is 0.409 e. The molecule has 12 heteroatoms. The molecule has 10 nitrogen and oxygen atoms in total. The number of ether oxygens (including phenoxy) is 2. The van der Waals surface area contributed by atoms with E-state index in [0.717, 1.165) is 68.9 Å². The summed E-state index contributed by atoms with van der Waals surface area (Å²) in [6, 6.07) is 12.4. The van der Waals surface area contributed by atoms with Crippen molar-refractivity contribution < 1.29 is 18.7 Å². The first-order valence-electron chi connectivity index (χ1n) is 16.6. The molecule has 4 atom stereocenters. The van der Waals surface area contributed by atoms with Crippen molar-refractivity contribution >= 4 is 45.2 Å². The summed E-state index contributed by atoms with van der Waals surface area (Å²) in [7, 11) is 3.38. The van der Waals surface area contributed by atoms with Gasteiger partial charge in [-0.05, 0) is 56.5 Å². The first-order chi connectivity index (χ1) is 22.8. The lowest BCUT2D eigenvalue weighted by molar-refractivity contribution is 0.0484. The molecule has 4 aliphatic heterocycles. The number of aromatic nitrogens is 3. The van der Waals surface area contributed by atoms with Crippen molar-refractivity contribution in [2.24, 2.45) is 0 Å².